The maximum atomic E-state index is 13.7. The number of nitrogens with zero attached hydrogens (tertiary/aromatic N) is 2. The summed E-state index contributed by atoms with van der Waals surface area (Å²) in [5, 5.41) is 2.57. The highest BCUT2D eigenvalue weighted by Crippen LogP contribution is 2.27. The molecule has 2 aliphatic heterocycles. The number of likely N-dealkylation sites (tertiary alicyclic amines) is 1. The first-order valence-corrected chi connectivity index (χ1v) is 9.22. The normalized spacial score (nSPS) is 20.6. The van der Waals surface area contributed by atoms with E-state index in [4.69, 9.17) is 4.74 Å². The molecule has 1 aromatic rings. The Hall–Kier alpha value is -2.64. The van der Waals surface area contributed by atoms with Gasteiger partial charge in [0.2, 0.25) is 5.91 Å². The minimum atomic E-state index is -0.534. The zero-order chi connectivity index (χ0) is 19.6. The minimum Gasteiger partial charge on any atom is -0.447 e. The standard InChI is InChI=1S/C19H24FN3O4/c1-3-14-11-27-19(26)23(14)15-6-8-22(9-7-15)18(25)16-10-13(20)4-5-17(16)21-12(2)24/h4-5,10,14-15H,3,6-9,11H2,1-2H3,(H,21,24). The lowest BCUT2D eigenvalue weighted by atomic mass is 10.00. The van der Waals surface area contributed by atoms with Crippen LogP contribution in [0.3, 0.4) is 0 Å². The van der Waals surface area contributed by atoms with Crippen molar-refractivity contribution in [3.63, 3.8) is 0 Å². The summed E-state index contributed by atoms with van der Waals surface area (Å²) in [5.74, 6) is -1.19. The van der Waals surface area contributed by atoms with Crippen molar-refractivity contribution in [1.29, 1.82) is 0 Å². The number of ether oxygens (including phenoxy) is 1. The van der Waals surface area contributed by atoms with E-state index in [9.17, 15) is 18.8 Å². The van der Waals surface area contributed by atoms with Crippen LogP contribution in [0.5, 0.6) is 0 Å². The Morgan fingerprint density at radius 2 is 2.00 bits per heavy atom. The van der Waals surface area contributed by atoms with Gasteiger partial charge in [-0.25, -0.2) is 9.18 Å². The Balaban J connectivity index is 1.69. The molecule has 7 nitrogen and oxygen atoms in total. The van der Waals surface area contributed by atoms with Crippen LogP contribution < -0.4 is 5.32 Å². The Morgan fingerprint density at radius 3 is 2.63 bits per heavy atom. The fourth-order valence-electron chi connectivity index (χ4n) is 3.74. The SMILES string of the molecule is CCC1COC(=O)N1C1CCN(C(=O)c2cc(F)ccc2NC(C)=O)CC1. The van der Waals surface area contributed by atoms with Gasteiger partial charge >= 0.3 is 6.09 Å². The molecule has 0 aromatic heterocycles. The molecule has 1 unspecified atom stereocenters. The highest BCUT2D eigenvalue weighted by molar-refractivity contribution is 6.03. The van der Waals surface area contributed by atoms with Gasteiger partial charge in [-0.2, -0.15) is 0 Å². The zero-order valence-electron chi connectivity index (χ0n) is 15.5. The van der Waals surface area contributed by atoms with Crippen LogP contribution in [-0.4, -0.2) is 59.5 Å². The molecule has 3 rings (SSSR count). The van der Waals surface area contributed by atoms with E-state index in [0.717, 1.165) is 12.5 Å². The maximum absolute atomic E-state index is 13.7. The summed E-state index contributed by atoms with van der Waals surface area (Å²) >= 11 is 0. The Labute approximate surface area is 157 Å². The van der Waals surface area contributed by atoms with Gasteiger partial charge in [-0.15, -0.1) is 0 Å². The lowest BCUT2D eigenvalue weighted by molar-refractivity contribution is -0.114. The fourth-order valence-corrected chi connectivity index (χ4v) is 3.74. The van der Waals surface area contributed by atoms with Crippen LogP contribution in [-0.2, 0) is 9.53 Å². The summed E-state index contributed by atoms with van der Waals surface area (Å²) < 4.78 is 18.8. The first kappa shape index (κ1) is 19.1. The lowest BCUT2D eigenvalue weighted by Gasteiger charge is -2.37. The monoisotopic (exact) mass is 377 g/mol. The number of piperidine rings is 1. The van der Waals surface area contributed by atoms with Crippen molar-refractivity contribution in [2.24, 2.45) is 0 Å². The quantitative estimate of drug-likeness (QED) is 0.875. The molecule has 1 N–H and O–H groups in total. The Bertz CT molecular complexity index is 746. The van der Waals surface area contributed by atoms with Gasteiger partial charge in [0.25, 0.3) is 5.91 Å². The first-order valence-electron chi connectivity index (χ1n) is 9.22. The second-order valence-electron chi connectivity index (χ2n) is 6.94. The highest BCUT2D eigenvalue weighted by Gasteiger charge is 2.39. The number of amides is 3. The number of carbonyl (C=O) groups is 3. The zero-order valence-corrected chi connectivity index (χ0v) is 15.5. The predicted molar refractivity (Wildman–Crippen MR) is 96.9 cm³/mol. The summed E-state index contributed by atoms with van der Waals surface area (Å²) in [6, 6.07) is 3.86. The largest absolute Gasteiger partial charge is 0.447 e. The Morgan fingerprint density at radius 1 is 1.30 bits per heavy atom. The van der Waals surface area contributed by atoms with Crippen molar-refractivity contribution in [1.82, 2.24) is 9.80 Å². The fraction of sp³-hybridized carbons (Fsp3) is 0.526. The molecule has 0 aliphatic carbocycles. The first-order chi connectivity index (χ1) is 12.9. The van der Waals surface area contributed by atoms with Crippen molar-refractivity contribution >= 4 is 23.6 Å². The molecule has 27 heavy (non-hydrogen) atoms. The number of carbonyl (C=O) groups excluding carboxylic acids is 3. The molecule has 1 aromatic carbocycles. The second-order valence-corrected chi connectivity index (χ2v) is 6.94. The van der Waals surface area contributed by atoms with E-state index < -0.39 is 5.82 Å². The van der Waals surface area contributed by atoms with Crippen LogP contribution in [0.15, 0.2) is 18.2 Å². The molecule has 2 fully saturated rings. The van der Waals surface area contributed by atoms with Crippen LogP contribution in [0.4, 0.5) is 14.9 Å². The summed E-state index contributed by atoms with van der Waals surface area (Å²) in [6.45, 7) is 4.69. The average Bonchev–Trinajstić information content (AvgIpc) is 3.03. The number of cyclic esters (lactones) is 1. The topological polar surface area (TPSA) is 79.0 Å². The molecule has 1 atom stereocenters. The highest BCUT2D eigenvalue weighted by atomic mass is 19.1. The minimum absolute atomic E-state index is 0.0383. The van der Waals surface area contributed by atoms with E-state index in [0.29, 0.717) is 38.2 Å². The summed E-state index contributed by atoms with van der Waals surface area (Å²) in [5.41, 5.74) is 0.431. The molecule has 0 radical (unpaired) electrons. The van der Waals surface area contributed by atoms with Crippen LogP contribution in [0, 0.1) is 5.82 Å². The molecule has 2 aliphatic rings. The number of benzene rings is 1. The smallest absolute Gasteiger partial charge is 0.410 e. The van der Waals surface area contributed by atoms with Gasteiger partial charge in [0.05, 0.1) is 17.3 Å². The molecule has 0 bridgehead atoms. The number of anilines is 1. The molecular weight excluding hydrogens is 353 g/mol. The van der Waals surface area contributed by atoms with E-state index in [-0.39, 0.29) is 35.6 Å². The predicted octanol–water partition coefficient (Wildman–Crippen LogP) is 2.62. The molecule has 2 saturated heterocycles. The van der Waals surface area contributed by atoms with Gasteiger partial charge in [-0.05, 0) is 37.5 Å². The number of hydrogen-bond acceptors (Lipinski definition) is 4. The van der Waals surface area contributed by atoms with Gasteiger partial charge in [0.15, 0.2) is 0 Å². The van der Waals surface area contributed by atoms with Crippen LogP contribution >= 0.6 is 0 Å². The van der Waals surface area contributed by atoms with Crippen molar-refractivity contribution in [2.75, 3.05) is 25.0 Å². The Kier molecular flexibility index (Phi) is 5.62. The molecule has 3 amide bonds. The van der Waals surface area contributed by atoms with E-state index in [1.165, 1.54) is 19.1 Å². The van der Waals surface area contributed by atoms with Gasteiger partial charge in [-0.1, -0.05) is 6.92 Å². The summed E-state index contributed by atoms with van der Waals surface area (Å²) in [4.78, 5) is 39.7. The van der Waals surface area contributed by atoms with Crippen LogP contribution in [0.25, 0.3) is 0 Å². The molecule has 146 valence electrons. The maximum Gasteiger partial charge on any atom is 0.410 e. The van der Waals surface area contributed by atoms with Gasteiger partial charge in [0, 0.05) is 26.1 Å². The third-order valence-electron chi connectivity index (χ3n) is 5.14. The van der Waals surface area contributed by atoms with Crippen molar-refractivity contribution in [3.8, 4) is 0 Å². The van der Waals surface area contributed by atoms with Crippen molar-refractivity contribution in [2.45, 2.75) is 45.2 Å². The van der Waals surface area contributed by atoms with E-state index in [1.807, 2.05) is 6.92 Å². The van der Waals surface area contributed by atoms with Crippen molar-refractivity contribution in [3.05, 3.63) is 29.6 Å². The molecular formula is C19H24FN3O4. The van der Waals surface area contributed by atoms with Gasteiger partial charge in [-0.3, -0.25) is 14.5 Å². The van der Waals surface area contributed by atoms with Crippen molar-refractivity contribution < 1.29 is 23.5 Å². The summed E-state index contributed by atoms with van der Waals surface area (Å²) in [7, 11) is 0. The number of nitrogens with one attached hydrogen (secondary N) is 1. The molecule has 2 heterocycles. The number of rotatable bonds is 4. The van der Waals surface area contributed by atoms with Crippen LogP contribution in [0.1, 0.15) is 43.5 Å². The third-order valence-corrected chi connectivity index (χ3v) is 5.14. The van der Waals surface area contributed by atoms with E-state index in [2.05, 4.69) is 5.32 Å². The average molecular weight is 377 g/mol. The summed E-state index contributed by atoms with van der Waals surface area (Å²) in [6.07, 6.45) is 1.82. The van der Waals surface area contributed by atoms with Crippen LogP contribution in [0.2, 0.25) is 0 Å². The van der Waals surface area contributed by atoms with E-state index in [1.54, 1.807) is 9.80 Å². The number of hydrogen-bond donors (Lipinski definition) is 1. The molecule has 0 spiro atoms. The second kappa shape index (κ2) is 7.94. The molecule has 8 heteroatoms. The lowest BCUT2D eigenvalue weighted by Crippen LogP contribution is -2.49. The van der Waals surface area contributed by atoms with E-state index >= 15 is 0 Å². The van der Waals surface area contributed by atoms with Gasteiger partial charge < -0.3 is 15.0 Å². The molecule has 0 saturated carbocycles. The van der Waals surface area contributed by atoms with Gasteiger partial charge in [0.1, 0.15) is 12.4 Å². The third kappa shape index (κ3) is 4.04. The number of halogens is 1.